The van der Waals surface area contributed by atoms with Crippen molar-refractivity contribution < 1.29 is 49.2 Å². The van der Waals surface area contributed by atoms with Crippen LogP contribution in [0.5, 0.6) is 0 Å². The van der Waals surface area contributed by atoms with Gasteiger partial charge >= 0.3 is 23.9 Å². The standard InChI is InChI=1S/C30H32N2O10/c33-25(17-5-11-21(27(35)36)23(13-17)29(39)40)31-19-7-1-15(2-8-19)16-3-9-20(10-4-16)32-26(34)18-6-12-22(28(37)38)24(14-18)30(41)42/h5-6,11-16,19-20H,1-4,7-10H2,(H,31,33)(H,32,34)(H,35,36)(H,37,38)(H,39,40)(H,41,42). The predicted molar refractivity (Wildman–Crippen MR) is 147 cm³/mol. The second-order valence-electron chi connectivity index (χ2n) is 10.9. The molecule has 0 atom stereocenters. The fourth-order valence-corrected chi connectivity index (χ4v) is 6.11. The predicted octanol–water partition coefficient (Wildman–Crippen LogP) is 3.76. The Morgan fingerprint density at radius 2 is 0.786 bits per heavy atom. The molecule has 2 aromatic rings. The van der Waals surface area contributed by atoms with Crippen molar-refractivity contribution in [2.75, 3.05) is 0 Å². The van der Waals surface area contributed by atoms with E-state index in [2.05, 4.69) is 10.6 Å². The summed E-state index contributed by atoms with van der Waals surface area (Å²) in [6.45, 7) is 0. The van der Waals surface area contributed by atoms with Gasteiger partial charge in [-0.3, -0.25) is 9.59 Å². The van der Waals surface area contributed by atoms with E-state index in [-0.39, 0.29) is 34.3 Å². The number of amides is 2. The molecule has 0 bridgehead atoms. The molecule has 4 rings (SSSR count). The van der Waals surface area contributed by atoms with Gasteiger partial charge in [0.25, 0.3) is 11.8 Å². The summed E-state index contributed by atoms with van der Waals surface area (Å²) < 4.78 is 0. The van der Waals surface area contributed by atoms with Crippen molar-refractivity contribution in [1.82, 2.24) is 10.6 Å². The second kappa shape index (κ2) is 12.8. The molecule has 0 saturated heterocycles. The number of aromatic carboxylic acids is 4. The molecule has 0 unspecified atom stereocenters. The lowest BCUT2D eigenvalue weighted by Gasteiger charge is -2.38. The lowest BCUT2D eigenvalue weighted by molar-refractivity contribution is 0.0651. The molecule has 0 radical (unpaired) electrons. The lowest BCUT2D eigenvalue weighted by atomic mass is 9.71. The lowest BCUT2D eigenvalue weighted by Crippen LogP contribution is -2.41. The molecule has 0 heterocycles. The highest BCUT2D eigenvalue weighted by Crippen LogP contribution is 2.38. The van der Waals surface area contributed by atoms with Crippen LogP contribution in [-0.2, 0) is 0 Å². The van der Waals surface area contributed by atoms with Crippen molar-refractivity contribution in [2.24, 2.45) is 11.8 Å². The first-order chi connectivity index (χ1) is 19.9. The largest absolute Gasteiger partial charge is 0.478 e. The zero-order valence-corrected chi connectivity index (χ0v) is 22.7. The van der Waals surface area contributed by atoms with Crippen LogP contribution in [0.2, 0.25) is 0 Å². The zero-order valence-electron chi connectivity index (χ0n) is 22.7. The molecule has 2 amide bonds. The minimum atomic E-state index is -1.42. The third kappa shape index (κ3) is 6.93. The summed E-state index contributed by atoms with van der Waals surface area (Å²) in [6, 6.07) is 6.90. The van der Waals surface area contributed by atoms with Gasteiger partial charge in [-0.05, 0) is 99.6 Å². The van der Waals surface area contributed by atoms with Crippen molar-refractivity contribution in [3.63, 3.8) is 0 Å². The highest BCUT2D eigenvalue weighted by Gasteiger charge is 2.32. The first-order valence-electron chi connectivity index (χ1n) is 13.8. The van der Waals surface area contributed by atoms with Gasteiger partial charge < -0.3 is 31.1 Å². The third-order valence-corrected chi connectivity index (χ3v) is 8.37. The highest BCUT2D eigenvalue weighted by atomic mass is 16.4. The van der Waals surface area contributed by atoms with E-state index < -0.39 is 46.8 Å². The van der Waals surface area contributed by atoms with Gasteiger partial charge in [0.2, 0.25) is 0 Å². The van der Waals surface area contributed by atoms with E-state index in [1.54, 1.807) is 0 Å². The number of carbonyl (C=O) groups excluding carboxylic acids is 2. The third-order valence-electron chi connectivity index (χ3n) is 8.37. The van der Waals surface area contributed by atoms with Gasteiger partial charge in [-0.25, -0.2) is 19.2 Å². The van der Waals surface area contributed by atoms with Crippen LogP contribution in [-0.4, -0.2) is 68.2 Å². The summed E-state index contributed by atoms with van der Waals surface area (Å²) in [6.07, 6.45) is 6.73. The molecule has 0 spiro atoms. The van der Waals surface area contributed by atoms with Gasteiger partial charge in [0, 0.05) is 23.2 Å². The fraction of sp³-hybridized carbons (Fsp3) is 0.400. The van der Waals surface area contributed by atoms with Gasteiger partial charge in [-0.15, -0.1) is 0 Å². The number of carboxylic acids is 4. The van der Waals surface area contributed by atoms with E-state index in [1.807, 2.05) is 0 Å². The Kier molecular flexibility index (Phi) is 9.24. The smallest absolute Gasteiger partial charge is 0.336 e. The van der Waals surface area contributed by atoms with Gasteiger partial charge in [0.1, 0.15) is 0 Å². The first-order valence-corrected chi connectivity index (χ1v) is 13.8. The van der Waals surface area contributed by atoms with E-state index in [0.717, 1.165) is 75.6 Å². The Labute approximate surface area is 240 Å². The van der Waals surface area contributed by atoms with E-state index in [9.17, 15) is 49.2 Å². The molecule has 6 N–H and O–H groups in total. The van der Waals surface area contributed by atoms with Crippen LogP contribution in [0.4, 0.5) is 0 Å². The molecule has 42 heavy (non-hydrogen) atoms. The van der Waals surface area contributed by atoms with Crippen LogP contribution in [0.15, 0.2) is 36.4 Å². The summed E-state index contributed by atoms with van der Waals surface area (Å²) >= 11 is 0. The SMILES string of the molecule is O=C(NC1CCC(C2CCC(NC(=O)c3ccc(C(=O)O)c(C(=O)O)c3)CC2)CC1)c1ccc(C(=O)O)c(C(=O)O)c1. The van der Waals surface area contributed by atoms with Crippen molar-refractivity contribution >= 4 is 35.7 Å². The van der Waals surface area contributed by atoms with Crippen LogP contribution in [0, 0.1) is 11.8 Å². The number of rotatable bonds is 9. The Bertz CT molecular complexity index is 1310. The van der Waals surface area contributed by atoms with Gasteiger partial charge in [-0.2, -0.15) is 0 Å². The van der Waals surface area contributed by atoms with Crippen LogP contribution >= 0.6 is 0 Å². The number of nitrogens with one attached hydrogen (secondary N) is 2. The summed E-state index contributed by atoms with van der Waals surface area (Å²) in [5, 5.41) is 42.8. The molecule has 2 saturated carbocycles. The minimum absolute atomic E-state index is 0.0694. The van der Waals surface area contributed by atoms with Gasteiger partial charge in [0.05, 0.1) is 22.3 Å². The molecule has 12 nitrogen and oxygen atoms in total. The number of carboxylic acid groups (broad SMARTS) is 4. The normalized spacial score (nSPS) is 22.0. The van der Waals surface area contributed by atoms with Crippen molar-refractivity contribution in [1.29, 1.82) is 0 Å². The van der Waals surface area contributed by atoms with E-state index in [1.165, 1.54) is 12.1 Å². The molecule has 0 aliphatic heterocycles. The maximum atomic E-state index is 12.7. The monoisotopic (exact) mass is 580 g/mol. The van der Waals surface area contributed by atoms with Crippen molar-refractivity contribution in [2.45, 2.75) is 63.5 Å². The van der Waals surface area contributed by atoms with Crippen LogP contribution < -0.4 is 10.6 Å². The van der Waals surface area contributed by atoms with Crippen LogP contribution in [0.25, 0.3) is 0 Å². The molecule has 2 aliphatic rings. The summed E-state index contributed by atoms with van der Waals surface area (Å²) in [5.74, 6) is -5.53. The fourth-order valence-electron chi connectivity index (χ4n) is 6.11. The molecule has 2 fully saturated rings. The van der Waals surface area contributed by atoms with E-state index >= 15 is 0 Å². The minimum Gasteiger partial charge on any atom is -0.478 e. The average Bonchev–Trinajstić information content (AvgIpc) is 2.97. The first kappa shape index (κ1) is 30.2. The van der Waals surface area contributed by atoms with Crippen molar-refractivity contribution in [3.8, 4) is 0 Å². The summed E-state index contributed by atoms with van der Waals surface area (Å²) in [7, 11) is 0. The summed E-state index contributed by atoms with van der Waals surface area (Å²) in [5.41, 5.74) is -1.45. The molecule has 12 heteroatoms. The number of hydrogen-bond acceptors (Lipinski definition) is 6. The van der Waals surface area contributed by atoms with Crippen molar-refractivity contribution in [3.05, 3.63) is 69.8 Å². The Balaban J connectivity index is 1.25. The Morgan fingerprint density at radius 3 is 1.07 bits per heavy atom. The Morgan fingerprint density at radius 1 is 0.476 bits per heavy atom. The zero-order chi connectivity index (χ0) is 30.6. The van der Waals surface area contributed by atoms with E-state index in [4.69, 9.17) is 0 Å². The molecule has 222 valence electrons. The maximum Gasteiger partial charge on any atom is 0.336 e. The molecule has 2 aromatic carbocycles. The summed E-state index contributed by atoms with van der Waals surface area (Å²) in [4.78, 5) is 70.8. The molecular formula is C30H32N2O10. The second-order valence-corrected chi connectivity index (χ2v) is 10.9. The number of benzene rings is 2. The average molecular weight is 581 g/mol. The van der Waals surface area contributed by atoms with E-state index in [0.29, 0.717) is 11.8 Å². The number of hydrogen-bond donors (Lipinski definition) is 6. The Hall–Kier alpha value is -4.74. The highest BCUT2D eigenvalue weighted by molar-refractivity contribution is 6.05. The van der Waals surface area contributed by atoms with Crippen LogP contribution in [0.3, 0.4) is 0 Å². The molecule has 2 aliphatic carbocycles. The quantitative estimate of drug-likeness (QED) is 0.253. The van der Waals surface area contributed by atoms with Gasteiger partial charge in [-0.1, -0.05) is 0 Å². The maximum absolute atomic E-state index is 12.7. The molecule has 0 aromatic heterocycles. The van der Waals surface area contributed by atoms with Crippen LogP contribution in [0.1, 0.15) is 114 Å². The number of carbonyl (C=O) groups is 6. The molecular weight excluding hydrogens is 548 g/mol. The topological polar surface area (TPSA) is 207 Å². The van der Waals surface area contributed by atoms with Gasteiger partial charge in [0.15, 0.2) is 0 Å².